The van der Waals surface area contributed by atoms with Gasteiger partial charge in [0, 0.05) is 0 Å². The summed E-state index contributed by atoms with van der Waals surface area (Å²) in [4.78, 5) is 25.3. The summed E-state index contributed by atoms with van der Waals surface area (Å²) >= 11 is 0. The lowest BCUT2D eigenvalue weighted by Crippen LogP contribution is -2.24. The molecule has 0 aliphatic heterocycles. The lowest BCUT2D eigenvalue weighted by Gasteiger charge is -2.23. The summed E-state index contributed by atoms with van der Waals surface area (Å²) in [6.07, 6.45) is 4.97. The minimum atomic E-state index is -0.580. The Balaban J connectivity index is 2.47. The van der Waals surface area contributed by atoms with E-state index in [2.05, 4.69) is 9.73 Å². The van der Waals surface area contributed by atoms with Gasteiger partial charge in [0.25, 0.3) is 0 Å². The van der Waals surface area contributed by atoms with Crippen molar-refractivity contribution < 1.29 is 14.5 Å². The normalized spacial score (nSPS) is 25.1. The molecule has 0 atom stereocenters. The van der Waals surface area contributed by atoms with E-state index in [-0.39, 0.29) is 23.6 Å². The summed E-state index contributed by atoms with van der Waals surface area (Å²) in [5, 5.41) is 10.5. The smallest absolute Gasteiger partial charge is 0.308 e. The van der Waals surface area contributed by atoms with E-state index in [0.717, 1.165) is 19.0 Å². The van der Waals surface area contributed by atoms with E-state index < -0.39 is 4.92 Å². The lowest BCUT2D eigenvalue weighted by atomic mass is 9.86. The highest BCUT2D eigenvalue weighted by Gasteiger charge is 2.26. The third-order valence-corrected chi connectivity index (χ3v) is 3.03. The van der Waals surface area contributed by atoms with Gasteiger partial charge in [-0.1, -0.05) is 0 Å². The van der Waals surface area contributed by atoms with Crippen molar-refractivity contribution in [3.05, 3.63) is 22.0 Å². The molecule has 0 aromatic carbocycles. The maximum atomic E-state index is 11.3. The standard InChI is InChI=1S/C11H17N3O4/c1-18-11(15)8-2-4-9(5-3-8)13-7-10(6-12)14(16)17/h6-9H,2-5,12H2,1H3. The first-order valence-electron chi connectivity index (χ1n) is 5.75. The summed E-state index contributed by atoms with van der Waals surface area (Å²) in [7, 11) is 1.38. The van der Waals surface area contributed by atoms with Crippen LogP contribution in [0.25, 0.3) is 0 Å². The van der Waals surface area contributed by atoms with E-state index in [4.69, 9.17) is 5.73 Å². The van der Waals surface area contributed by atoms with Gasteiger partial charge in [0.2, 0.25) is 0 Å². The average Bonchev–Trinajstić information content (AvgIpc) is 2.39. The molecule has 0 spiro atoms. The van der Waals surface area contributed by atoms with Crippen molar-refractivity contribution in [3.63, 3.8) is 0 Å². The van der Waals surface area contributed by atoms with E-state index in [1.54, 1.807) is 0 Å². The van der Waals surface area contributed by atoms with Crippen molar-refractivity contribution in [2.24, 2.45) is 16.6 Å². The second-order valence-corrected chi connectivity index (χ2v) is 4.16. The zero-order valence-electron chi connectivity index (χ0n) is 10.2. The molecule has 0 radical (unpaired) electrons. The highest BCUT2D eigenvalue weighted by Crippen LogP contribution is 2.26. The van der Waals surface area contributed by atoms with Crippen LogP contribution in [0.1, 0.15) is 25.7 Å². The number of carbonyl (C=O) groups excluding carboxylic acids is 1. The van der Waals surface area contributed by atoms with Gasteiger partial charge in [0.05, 0.1) is 30.2 Å². The quantitative estimate of drug-likeness (QED) is 0.347. The third-order valence-electron chi connectivity index (χ3n) is 3.03. The molecule has 0 heterocycles. The predicted octanol–water partition coefficient (Wildman–Crippen LogP) is 0.866. The summed E-state index contributed by atoms with van der Waals surface area (Å²) in [6.45, 7) is 0. The average molecular weight is 255 g/mol. The number of esters is 1. The highest BCUT2D eigenvalue weighted by molar-refractivity contribution is 5.75. The van der Waals surface area contributed by atoms with Crippen LogP contribution < -0.4 is 5.73 Å². The molecule has 1 fully saturated rings. The minimum Gasteiger partial charge on any atom is -0.469 e. The van der Waals surface area contributed by atoms with Crippen molar-refractivity contribution in [3.8, 4) is 0 Å². The number of nitrogens with two attached hydrogens (primary N) is 1. The first kappa shape index (κ1) is 14.1. The van der Waals surface area contributed by atoms with Crippen LogP contribution in [0.2, 0.25) is 0 Å². The number of allylic oxidation sites excluding steroid dienone is 1. The van der Waals surface area contributed by atoms with Gasteiger partial charge in [0.1, 0.15) is 6.21 Å². The van der Waals surface area contributed by atoms with Crippen LogP contribution in [0.4, 0.5) is 0 Å². The Hall–Kier alpha value is -1.92. The Morgan fingerprint density at radius 2 is 2.06 bits per heavy atom. The molecule has 2 N–H and O–H groups in total. The second-order valence-electron chi connectivity index (χ2n) is 4.16. The van der Waals surface area contributed by atoms with E-state index in [0.29, 0.717) is 12.8 Å². The van der Waals surface area contributed by atoms with Crippen LogP contribution in [0.3, 0.4) is 0 Å². The Bertz CT molecular complexity index is 370. The SMILES string of the molecule is COC(=O)C1CCC(N=CC(=CN)[N+](=O)[O-])CC1. The largest absolute Gasteiger partial charge is 0.469 e. The first-order valence-corrected chi connectivity index (χ1v) is 5.75. The molecular formula is C11H17N3O4. The van der Waals surface area contributed by atoms with Gasteiger partial charge in [-0.15, -0.1) is 0 Å². The summed E-state index contributed by atoms with van der Waals surface area (Å²) < 4.78 is 4.68. The second kappa shape index (κ2) is 6.73. The number of hydrogen-bond donors (Lipinski definition) is 1. The molecule has 0 bridgehead atoms. The van der Waals surface area contributed by atoms with Crippen molar-refractivity contribution in [2.75, 3.05) is 7.11 Å². The van der Waals surface area contributed by atoms with Crippen LogP contribution in [0, 0.1) is 16.0 Å². The molecule has 100 valence electrons. The van der Waals surface area contributed by atoms with Gasteiger partial charge in [0.15, 0.2) is 0 Å². The van der Waals surface area contributed by atoms with Gasteiger partial charge in [-0.25, -0.2) is 0 Å². The van der Waals surface area contributed by atoms with Crippen LogP contribution in [-0.2, 0) is 9.53 Å². The fraction of sp³-hybridized carbons (Fsp3) is 0.636. The molecule has 0 aromatic heterocycles. The fourth-order valence-corrected chi connectivity index (χ4v) is 1.96. The molecule has 1 saturated carbocycles. The van der Waals surface area contributed by atoms with E-state index in [1.807, 2.05) is 0 Å². The zero-order chi connectivity index (χ0) is 13.5. The molecule has 0 saturated heterocycles. The molecule has 1 rings (SSSR count). The number of nitro groups is 1. The molecule has 7 heteroatoms. The Morgan fingerprint density at radius 3 is 2.50 bits per heavy atom. The van der Waals surface area contributed by atoms with Crippen LogP contribution in [0.5, 0.6) is 0 Å². The first-order chi connectivity index (χ1) is 8.58. The molecule has 1 aliphatic rings. The summed E-state index contributed by atoms with van der Waals surface area (Å²) in [6, 6.07) is 0.0146. The van der Waals surface area contributed by atoms with Crippen molar-refractivity contribution in [1.29, 1.82) is 0 Å². The Kier molecular flexibility index (Phi) is 5.29. The fourth-order valence-electron chi connectivity index (χ4n) is 1.96. The summed E-state index contributed by atoms with van der Waals surface area (Å²) in [5.41, 5.74) is 4.90. The van der Waals surface area contributed by atoms with Gasteiger partial charge >= 0.3 is 11.7 Å². The van der Waals surface area contributed by atoms with Gasteiger partial charge in [-0.05, 0) is 25.7 Å². The topological polar surface area (TPSA) is 108 Å². The lowest BCUT2D eigenvalue weighted by molar-refractivity contribution is -0.414. The van der Waals surface area contributed by atoms with Crippen molar-refractivity contribution in [1.82, 2.24) is 0 Å². The molecule has 0 aromatic rings. The number of methoxy groups -OCH3 is 1. The molecule has 0 unspecified atom stereocenters. The number of ether oxygens (including phenoxy) is 1. The predicted molar refractivity (Wildman–Crippen MR) is 65.5 cm³/mol. The number of nitrogens with zero attached hydrogens (tertiary/aromatic N) is 2. The number of rotatable bonds is 4. The molecule has 7 nitrogen and oxygen atoms in total. The number of aliphatic imine (C=N–C) groups is 1. The van der Waals surface area contributed by atoms with Gasteiger partial charge < -0.3 is 10.5 Å². The summed E-state index contributed by atoms with van der Waals surface area (Å²) in [5.74, 6) is -0.258. The van der Waals surface area contributed by atoms with Crippen molar-refractivity contribution >= 4 is 12.2 Å². The maximum Gasteiger partial charge on any atom is 0.308 e. The number of carbonyl (C=O) groups is 1. The van der Waals surface area contributed by atoms with E-state index in [1.165, 1.54) is 13.3 Å². The van der Waals surface area contributed by atoms with Crippen LogP contribution >= 0.6 is 0 Å². The molecule has 18 heavy (non-hydrogen) atoms. The van der Waals surface area contributed by atoms with Gasteiger partial charge in [-0.2, -0.15) is 0 Å². The zero-order valence-corrected chi connectivity index (χ0v) is 10.2. The highest BCUT2D eigenvalue weighted by atomic mass is 16.6. The van der Waals surface area contributed by atoms with Gasteiger partial charge in [-0.3, -0.25) is 19.9 Å². The monoisotopic (exact) mass is 255 g/mol. The molecule has 0 amide bonds. The molecule has 1 aliphatic carbocycles. The third kappa shape index (κ3) is 3.83. The van der Waals surface area contributed by atoms with Crippen LogP contribution in [0.15, 0.2) is 16.9 Å². The number of hydrogen-bond acceptors (Lipinski definition) is 6. The molecular weight excluding hydrogens is 238 g/mol. The Labute approximate surface area is 105 Å². The Morgan fingerprint density at radius 1 is 1.44 bits per heavy atom. The maximum absolute atomic E-state index is 11.3. The van der Waals surface area contributed by atoms with Crippen molar-refractivity contribution in [2.45, 2.75) is 31.7 Å². The van der Waals surface area contributed by atoms with E-state index in [9.17, 15) is 14.9 Å². The van der Waals surface area contributed by atoms with Crippen LogP contribution in [-0.4, -0.2) is 30.3 Å². The van der Waals surface area contributed by atoms with E-state index >= 15 is 0 Å². The minimum absolute atomic E-state index is 0.0146.